The molecule has 0 aromatic heterocycles. The molecule has 28 heavy (non-hydrogen) atoms. The zero-order chi connectivity index (χ0) is 21.1. The van der Waals surface area contributed by atoms with Crippen molar-refractivity contribution < 1.29 is 38.3 Å². The van der Waals surface area contributed by atoms with Crippen LogP contribution in [-0.2, 0) is 6.61 Å². The summed E-state index contributed by atoms with van der Waals surface area (Å²) in [5.74, 6) is 3.09. The maximum atomic E-state index is 10.6. The highest BCUT2D eigenvalue weighted by Gasteiger charge is 2.13. The van der Waals surface area contributed by atoms with Crippen molar-refractivity contribution in [3.63, 3.8) is 0 Å². The minimum atomic E-state index is -0.0588. The summed E-state index contributed by atoms with van der Waals surface area (Å²) in [5.41, 5.74) is 1.21. The smallest absolute Gasteiger partial charge is 0.203 e. The average molecular weight is 394 g/mol. The number of benzene rings is 2. The van der Waals surface area contributed by atoms with Crippen molar-refractivity contribution in [2.24, 2.45) is 0 Å². The van der Waals surface area contributed by atoms with Gasteiger partial charge in [-0.05, 0) is 29.8 Å². The van der Waals surface area contributed by atoms with E-state index in [0.29, 0.717) is 40.1 Å². The molecular weight excluding hydrogens is 368 g/mol. The molecule has 0 heterocycles. The maximum absolute atomic E-state index is 10.6. The summed E-state index contributed by atoms with van der Waals surface area (Å²) in [4.78, 5) is 10.6. The molecule has 0 bridgehead atoms. The van der Waals surface area contributed by atoms with Gasteiger partial charge in [-0.3, -0.25) is 4.79 Å². The molecule has 0 aliphatic rings. The molecule has 0 saturated carbocycles. The second-order valence-corrected chi connectivity index (χ2v) is 5.27. The van der Waals surface area contributed by atoms with Crippen LogP contribution in [0.5, 0.6) is 34.5 Å². The van der Waals surface area contributed by atoms with Crippen LogP contribution in [0.2, 0.25) is 0 Å². The molecular formula is C20H26O8. The Balaban J connectivity index is 0.000000280. The van der Waals surface area contributed by atoms with Gasteiger partial charge in [-0.15, -0.1) is 0 Å². The van der Waals surface area contributed by atoms with Crippen LogP contribution in [0.3, 0.4) is 0 Å². The van der Waals surface area contributed by atoms with E-state index in [-0.39, 0.29) is 6.61 Å². The van der Waals surface area contributed by atoms with Crippen LogP contribution in [-0.4, -0.2) is 54.1 Å². The van der Waals surface area contributed by atoms with Gasteiger partial charge in [0.2, 0.25) is 11.5 Å². The van der Waals surface area contributed by atoms with Crippen molar-refractivity contribution >= 4 is 6.29 Å². The van der Waals surface area contributed by atoms with E-state index in [0.717, 1.165) is 11.8 Å². The molecule has 0 aliphatic carbocycles. The summed E-state index contributed by atoms with van der Waals surface area (Å²) in [5, 5.41) is 8.99. The summed E-state index contributed by atoms with van der Waals surface area (Å²) >= 11 is 0. The first-order chi connectivity index (χ1) is 13.5. The predicted molar refractivity (Wildman–Crippen MR) is 104 cm³/mol. The van der Waals surface area contributed by atoms with Crippen LogP contribution in [0.15, 0.2) is 24.3 Å². The molecule has 8 heteroatoms. The van der Waals surface area contributed by atoms with E-state index < -0.39 is 0 Å². The van der Waals surface area contributed by atoms with Crippen LogP contribution in [0, 0.1) is 0 Å². The lowest BCUT2D eigenvalue weighted by Crippen LogP contribution is -1.96. The minimum Gasteiger partial charge on any atom is -0.493 e. The number of rotatable bonds is 8. The lowest BCUT2D eigenvalue weighted by atomic mass is 10.2. The summed E-state index contributed by atoms with van der Waals surface area (Å²) in [6.45, 7) is -0.0588. The lowest BCUT2D eigenvalue weighted by molar-refractivity contribution is 0.112. The average Bonchev–Trinajstić information content (AvgIpc) is 2.76. The van der Waals surface area contributed by atoms with Gasteiger partial charge in [-0.1, -0.05) is 0 Å². The number of aldehydes is 1. The van der Waals surface area contributed by atoms with E-state index in [1.165, 1.54) is 21.3 Å². The Morgan fingerprint density at radius 1 is 0.679 bits per heavy atom. The van der Waals surface area contributed by atoms with Crippen molar-refractivity contribution in [2.75, 3.05) is 42.7 Å². The highest BCUT2D eigenvalue weighted by molar-refractivity contribution is 5.78. The predicted octanol–water partition coefficient (Wildman–Crippen LogP) is 2.73. The largest absolute Gasteiger partial charge is 0.493 e. The van der Waals surface area contributed by atoms with Gasteiger partial charge in [0.15, 0.2) is 23.0 Å². The van der Waals surface area contributed by atoms with Gasteiger partial charge in [-0.2, -0.15) is 0 Å². The molecule has 0 atom stereocenters. The normalized spacial score (nSPS) is 9.54. The number of methoxy groups -OCH3 is 6. The van der Waals surface area contributed by atoms with Crippen molar-refractivity contribution in [1.82, 2.24) is 0 Å². The molecule has 154 valence electrons. The Bertz CT molecular complexity index is 723. The topological polar surface area (TPSA) is 92.7 Å². The number of ether oxygens (including phenoxy) is 6. The van der Waals surface area contributed by atoms with Gasteiger partial charge < -0.3 is 33.5 Å². The monoisotopic (exact) mass is 394 g/mol. The molecule has 0 radical (unpaired) electrons. The number of aliphatic hydroxyl groups excluding tert-OH is 1. The summed E-state index contributed by atoms with van der Waals surface area (Å²) in [6, 6.07) is 6.60. The van der Waals surface area contributed by atoms with Gasteiger partial charge in [-0.25, -0.2) is 0 Å². The second-order valence-electron chi connectivity index (χ2n) is 5.27. The fourth-order valence-electron chi connectivity index (χ4n) is 2.40. The van der Waals surface area contributed by atoms with E-state index in [1.54, 1.807) is 45.6 Å². The minimum absolute atomic E-state index is 0.0588. The van der Waals surface area contributed by atoms with Crippen LogP contribution in [0.1, 0.15) is 15.9 Å². The zero-order valence-corrected chi connectivity index (χ0v) is 16.9. The highest BCUT2D eigenvalue weighted by Crippen LogP contribution is 2.38. The third kappa shape index (κ3) is 5.43. The molecule has 2 aromatic carbocycles. The van der Waals surface area contributed by atoms with Crippen LogP contribution < -0.4 is 28.4 Å². The molecule has 8 nitrogen and oxygen atoms in total. The SMILES string of the molecule is COc1cc(C=O)cc(OC)c1OC.COc1cc(CO)cc(OC)c1OC. The van der Waals surface area contributed by atoms with E-state index in [9.17, 15) is 4.79 Å². The molecule has 0 aliphatic heterocycles. The number of aliphatic hydroxyl groups is 1. The van der Waals surface area contributed by atoms with Gasteiger partial charge in [0.1, 0.15) is 6.29 Å². The van der Waals surface area contributed by atoms with E-state index >= 15 is 0 Å². The van der Waals surface area contributed by atoms with Crippen molar-refractivity contribution in [2.45, 2.75) is 6.61 Å². The fourth-order valence-corrected chi connectivity index (χ4v) is 2.40. The molecule has 1 N–H and O–H groups in total. The molecule has 0 fully saturated rings. The van der Waals surface area contributed by atoms with Crippen LogP contribution in [0.25, 0.3) is 0 Å². The number of hydrogen-bond acceptors (Lipinski definition) is 8. The van der Waals surface area contributed by atoms with E-state index in [1.807, 2.05) is 0 Å². The highest BCUT2D eigenvalue weighted by atomic mass is 16.5. The third-order valence-corrected chi connectivity index (χ3v) is 3.73. The Kier molecular flexibility index (Phi) is 9.45. The number of hydrogen-bond donors (Lipinski definition) is 1. The molecule has 0 saturated heterocycles. The number of carbonyl (C=O) groups excluding carboxylic acids is 1. The quantitative estimate of drug-likeness (QED) is 0.683. The summed E-state index contributed by atoms with van der Waals surface area (Å²) in [7, 11) is 9.15. The standard InChI is InChI=1S/C10H14O4.C10H12O4/c2*1-12-8-4-7(6-11)5-9(13-2)10(8)14-3/h4-5,11H,6H2,1-3H3;4-6H,1-3H3. The van der Waals surface area contributed by atoms with Gasteiger partial charge in [0.05, 0.1) is 49.3 Å². The van der Waals surface area contributed by atoms with E-state index in [2.05, 4.69) is 0 Å². The Labute approximate surface area is 164 Å². The number of carbonyl (C=O) groups is 1. The molecule has 2 aromatic rings. The van der Waals surface area contributed by atoms with Crippen molar-refractivity contribution in [3.8, 4) is 34.5 Å². The summed E-state index contributed by atoms with van der Waals surface area (Å²) < 4.78 is 30.5. The molecule has 2 rings (SSSR count). The lowest BCUT2D eigenvalue weighted by Gasteiger charge is -2.13. The van der Waals surface area contributed by atoms with Gasteiger partial charge in [0.25, 0.3) is 0 Å². The first kappa shape index (κ1) is 22.9. The van der Waals surface area contributed by atoms with Gasteiger partial charge in [0, 0.05) is 5.56 Å². The van der Waals surface area contributed by atoms with E-state index in [4.69, 9.17) is 33.5 Å². The van der Waals surface area contributed by atoms with Crippen molar-refractivity contribution in [1.29, 1.82) is 0 Å². The fraction of sp³-hybridized carbons (Fsp3) is 0.350. The zero-order valence-electron chi connectivity index (χ0n) is 16.9. The third-order valence-electron chi connectivity index (χ3n) is 3.73. The Hall–Kier alpha value is -3.13. The van der Waals surface area contributed by atoms with Crippen molar-refractivity contribution in [3.05, 3.63) is 35.4 Å². The van der Waals surface area contributed by atoms with Crippen LogP contribution >= 0.6 is 0 Å². The molecule has 0 amide bonds. The maximum Gasteiger partial charge on any atom is 0.203 e. The Morgan fingerprint density at radius 2 is 1.04 bits per heavy atom. The first-order valence-corrected chi connectivity index (χ1v) is 8.18. The first-order valence-electron chi connectivity index (χ1n) is 8.18. The van der Waals surface area contributed by atoms with Gasteiger partial charge >= 0.3 is 0 Å². The molecule has 0 unspecified atom stereocenters. The van der Waals surface area contributed by atoms with Crippen LogP contribution in [0.4, 0.5) is 0 Å². The summed E-state index contributed by atoms with van der Waals surface area (Å²) in [6.07, 6.45) is 0.727. The Morgan fingerprint density at radius 3 is 1.29 bits per heavy atom. The second kappa shape index (κ2) is 11.6. The molecule has 0 spiro atoms.